The third kappa shape index (κ3) is 2.47. The van der Waals surface area contributed by atoms with Gasteiger partial charge < -0.3 is 9.80 Å². The molecule has 148 valence electrons. The van der Waals surface area contributed by atoms with E-state index in [1.165, 1.54) is 12.1 Å². The fraction of sp³-hybridized carbons (Fsp3) is 0.300. The quantitative estimate of drug-likeness (QED) is 0.448. The lowest BCUT2D eigenvalue weighted by Gasteiger charge is -2.52. The number of hydrazine groups is 1. The molecule has 5 rings (SSSR count). The second kappa shape index (κ2) is 6.20. The van der Waals surface area contributed by atoms with Crippen molar-refractivity contribution in [1.29, 1.82) is 0 Å². The standard InChI is InChI=1S/C20H19N5O4/c26-18-20(19(27)22-21-18)11-13-10-15(25(28)29)6-7-16(13)24-9-8-23(12-17(20)24)14-4-2-1-3-5-14/h1-7,10,17H,8-9,11-12H2,(H,21,26)(H,22,27)/t17-/m1/s1. The Morgan fingerprint density at radius 3 is 2.45 bits per heavy atom. The predicted octanol–water partition coefficient (Wildman–Crippen LogP) is 0.993. The van der Waals surface area contributed by atoms with Crippen LogP contribution in [0.1, 0.15) is 5.56 Å². The van der Waals surface area contributed by atoms with Gasteiger partial charge in [-0.25, -0.2) is 0 Å². The molecule has 0 radical (unpaired) electrons. The molecule has 3 aliphatic heterocycles. The minimum absolute atomic E-state index is 0.0425. The van der Waals surface area contributed by atoms with Gasteiger partial charge in [0.1, 0.15) is 0 Å². The lowest BCUT2D eigenvalue weighted by atomic mass is 9.69. The van der Waals surface area contributed by atoms with Gasteiger partial charge in [0.05, 0.1) is 11.0 Å². The van der Waals surface area contributed by atoms with E-state index in [0.717, 1.165) is 17.9 Å². The molecule has 0 aliphatic carbocycles. The van der Waals surface area contributed by atoms with E-state index in [1.807, 2.05) is 30.3 Å². The molecule has 0 bridgehead atoms. The Balaban J connectivity index is 1.61. The van der Waals surface area contributed by atoms with Gasteiger partial charge in [0, 0.05) is 49.6 Å². The number of non-ortho nitro benzene ring substituents is 1. The van der Waals surface area contributed by atoms with Crippen LogP contribution in [0.25, 0.3) is 0 Å². The number of amides is 2. The highest BCUT2D eigenvalue weighted by Crippen LogP contribution is 2.46. The lowest BCUT2D eigenvalue weighted by Crippen LogP contribution is -2.66. The fourth-order valence-corrected chi connectivity index (χ4v) is 4.79. The van der Waals surface area contributed by atoms with Crippen molar-refractivity contribution in [1.82, 2.24) is 10.9 Å². The van der Waals surface area contributed by atoms with Crippen molar-refractivity contribution in [2.75, 3.05) is 29.4 Å². The Bertz CT molecular complexity index is 1010. The van der Waals surface area contributed by atoms with Gasteiger partial charge in [-0.15, -0.1) is 0 Å². The smallest absolute Gasteiger partial charge is 0.269 e. The molecule has 2 aromatic rings. The third-order valence-electron chi connectivity index (χ3n) is 6.22. The van der Waals surface area contributed by atoms with Crippen LogP contribution in [0.2, 0.25) is 0 Å². The Morgan fingerprint density at radius 1 is 1.03 bits per heavy atom. The lowest BCUT2D eigenvalue weighted by molar-refractivity contribution is -0.384. The first-order valence-electron chi connectivity index (χ1n) is 9.45. The number of nitro groups is 1. The minimum atomic E-state index is -1.32. The zero-order valence-corrected chi connectivity index (χ0v) is 15.5. The second-order valence-electron chi connectivity index (χ2n) is 7.62. The largest absolute Gasteiger partial charge is 0.368 e. The molecule has 2 N–H and O–H groups in total. The van der Waals surface area contributed by atoms with E-state index in [1.54, 1.807) is 6.07 Å². The Labute approximate surface area is 166 Å². The summed E-state index contributed by atoms with van der Waals surface area (Å²) in [4.78, 5) is 40.9. The molecule has 2 amide bonds. The van der Waals surface area contributed by atoms with Gasteiger partial charge >= 0.3 is 0 Å². The normalized spacial score (nSPS) is 22.0. The SMILES string of the molecule is O=C1NNC(=O)C12Cc1cc([N+](=O)[O-])ccc1N1CCN(c3ccccc3)C[C@@H]12. The summed E-state index contributed by atoms with van der Waals surface area (Å²) in [6, 6.07) is 14.2. The number of carbonyl (C=O) groups is 2. The second-order valence-corrected chi connectivity index (χ2v) is 7.62. The van der Waals surface area contributed by atoms with E-state index in [-0.39, 0.29) is 30.0 Å². The number of para-hydroxylation sites is 1. The van der Waals surface area contributed by atoms with Crippen molar-refractivity contribution in [2.45, 2.75) is 12.5 Å². The first-order valence-corrected chi connectivity index (χ1v) is 9.45. The molecule has 3 aliphatic rings. The fourth-order valence-electron chi connectivity index (χ4n) is 4.79. The highest BCUT2D eigenvalue weighted by atomic mass is 16.6. The van der Waals surface area contributed by atoms with Crippen molar-refractivity contribution >= 4 is 28.9 Å². The van der Waals surface area contributed by atoms with Crippen molar-refractivity contribution < 1.29 is 14.5 Å². The van der Waals surface area contributed by atoms with Gasteiger partial charge in [0.2, 0.25) is 0 Å². The number of carbonyl (C=O) groups excluding carboxylic acids is 2. The maximum atomic E-state index is 12.9. The average molecular weight is 393 g/mol. The van der Waals surface area contributed by atoms with Gasteiger partial charge in [-0.2, -0.15) is 0 Å². The van der Waals surface area contributed by atoms with Crippen molar-refractivity contribution in [2.24, 2.45) is 5.41 Å². The molecule has 29 heavy (non-hydrogen) atoms. The number of fused-ring (bicyclic) bond motifs is 4. The number of nitro benzene ring substituents is 1. The van der Waals surface area contributed by atoms with Crippen LogP contribution in [0.3, 0.4) is 0 Å². The molecule has 9 nitrogen and oxygen atoms in total. The summed E-state index contributed by atoms with van der Waals surface area (Å²) in [6.45, 7) is 1.82. The van der Waals surface area contributed by atoms with E-state index >= 15 is 0 Å². The van der Waals surface area contributed by atoms with Gasteiger partial charge in [-0.1, -0.05) is 18.2 Å². The Morgan fingerprint density at radius 2 is 1.76 bits per heavy atom. The molecular weight excluding hydrogens is 374 g/mol. The van der Waals surface area contributed by atoms with Crippen LogP contribution in [0.5, 0.6) is 0 Å². The number of rotatable bonds is 2. The van der Waals surface area contributed by atoms with Crippen LogP contribution in [-0.4, -0.2) is 42.4 Å². The Hall–Kier alpha value is -3.62. The molecule has 0 aromatic heterocycles. The summed E-state index contributed by atoms with van der Waals surface area (Å²) in [5.41, 5.74) is 6.11. The molecule has 0 saturated carbocycles. The molecule has 0 unspecified atom stereocenters. The molecule has 1 atom stereocenters. The molecule has 2 aromatic carbocycles. The van der Waals surface area contributed by atoms with Crippen LogP contribution in [-0.2, 0) is 16.0 Å². The first-order chi connectivity index (χ1) is 14.0. The molecule has 2 fully saturated rings. The number of nitrogens with one attached hydrogen (secondary N) is 2. The van der Waals surface area contributed by atoms with E-state index in [2.05, 4.69) is 20.7 Å². The number of hydrogen-bond acceptors (Lipinski definition) is 6. The summed E-state index contributed by atoms with van der Waals surface area (Å²) < 4.78 is 0. The van der Waals surface area contributed by atoms with E-state index in [9.17, 15) is 19.7 Å². The van der Waals surface area contributed by atoms with Gasteiger partial charge in [0.25, 0.3) is 17.5 Å². The van der Waals surface area contributed by atoms with Crippen LogP contribution < -0.4 is 20.7 Å². The molecule has 9 heteroatoms. The van der Waals surface area contributed by atoms with Crippen LogP contribution in [0, 0.1) is 15.5 Å². The summed E-state index contributed by atoms with van der Waals surface area (Å²) in [5.74, 6) is -0.769. The number of benzene rings is 2. The Kier molecular flexibility index (Phi) is 3.73. The molecular formula is C20H19N5O4. The van der Waals surface area contributed by atoms with Crippen LogP contribution >= 0.6 is 0 Å². The number of piperazine rings is 1. The van der Waals surface area contributed by atoms with Gasteiger partial charge in [-0.3, -0.25) is 30.6 Å². The molecule has 2 saturated heterocycles. The molecule has 3 heterocycles. The maximum absolute atomic E-state index is 12.9. The predicted molar refractivity (Wildman–Crippen MR) is 105 cm³/mol. The van der Waals surface area contributed by atoms with Gasteiger partial charge in [0.15, 0.2) is 5.41 Å². The summed E-state index contributed by atoms with van der Waals surface area (Å²) in [5, 5.41) is 11.2. The average Bonchev–Trinajstić information content (AvgIpc) is 3.02. The number of anilines is 2. The highest BCUT2D eigenvalue weighted by molar-refractivity contribution is 6.12. The minimum Gasteiger partial charge on any atom is -0.368 e. The zero-order valence-electron chi connectivity index (χ0n) is 15.5. The third-order valence-corrected chi connectivity index (χ3v) is 6.22. The van der Waals surface area contributed by atoms with Crippen LogP contribution in [0.4, 0.5) is 17.1 Å². The number of hydrogen-bond donors (Lipinski definition) is 2. The monoisotopic (exact) mass is 393 g/mol. The zero-order chi connectivity index (χ0) is 20.2. The van der Waals surface area contributed by atoms with Crippen LogP contribution in [0.15, 0.2) is 48.5 Å². The van der Waals surface area contributed by atoms with Crippen molar-refractivity contribution in [3.63, 3.8) is 0 Å². The molecule has 1 spiro atoms. The topological polar surface area (TPSA) is 108 Å². The van der Waals surface area contributed by atoms with Crippen molar-refractivity contribution in [3.05, 3.63) is 64.2 Å². The van der Waals surface area contributed by atoms with Gasteiger partial charge in [-0.05, 0) is 23.8 Å². The summed E-state index contributed by atoms with van der Waals surface area (Å²) in [7, 11) is 0. The van der Waals surface area contributed by atoms with E-state index < -0.39 is 10.3 Å². The first kappa shape index (κ1) is 17.5. The van der Waals surface area contributed by atoms with Crippen molar-refractivity contribution in [3.8, 4) is 0 Å². The number of nitrogens with zero attached hydrogens (tertiary/aromatic N) is 3. The summed E-state index contributed by atoms with van der Waals surface area (Å²) >= 11 is 0. The highest BCUT2D eigenvalue weighted by Gasteiger charge is 2.61. The maximum Gasteiger partial charge on any atom is 0.269 e. The van der Waals surface area contributed by atoms with E-state index in [4.69, 9.17) is 0 Å². The van der Waals surface area contributed by atoms with E-state index in [0.29, 0.717) is 18.7 Å². The summed E-state index contributed by atoms with van der Waals surface area (Å²) in [6.07, 6.45) is 0.130.